The Morgan fingerprint density at radius 2 is 0.864 bits per heavy atom. The fourth-order valence-corrected chi connectivity index (χ4v) is 1.44. The van der Waals surface area contributed by atoms with Crippen LogP contribution in [0.4, 0.5) is 0 Å². The summed E-state index contributed by atoms with van der Waals surface area (Å²) in [6.07, 6.45) is 1.67. The van der Waals surface area contributed by atoms with E-state index in [0.717, 1.165) is 12.2 Å². The lowest BCUT2D eigenvalue weighted by Crippen LogP contribution is -1.82. The van der Waals surface area contributed by atoms with Gasteiger partial charge in [0, 0.05) is 12.2 Å². The first-order valence-electron chi connectivity index (χ1n) is 4.95. The molecule has 0 aliphatic rings. The van der Waals surface area contributed by atoms with Gasteiger partial charge in [-0.1, -0.05) is 59.6 Å². The highest BCUT2D eigenvalue weighted by Gasteiger charge is 2.18. The molecule has 0 spiro atoms. The van der Waals surface area contributed by atoms with E-state index in [1.165, 1.54) is 0 Å². The lowest BCUT2D eigenvalue weighted by molar-refractivity contribution is -0.132. The summed E-state index contributed by atoms with van der Waals surface area (Å²) in [7, 11) is 0. The third-order valence-corrected chi connectivity index (χ3v) is 3.23. The molecule has 122 valence electrons. The Labute approximate surface area is 145 Å². The van der Waals surface area contributed by atoms with E-state index in [4.69, 9.17) is 66.8 Å². The molecule has 0 bridgehead atoms. The number of carboxylic acids is 2. The molecular weight excluding hydrogens is 382 g/mol. The molecule has 22 heavy (non-hydrogen) atoms. The standard InChI is InChI=1S/C6H2Cl4O2.2C3H4O2/c7-1-2(8)6(12)4(10)3(9)5(1)11;2*1-2-3(4)5/h11-12H;2*2H,1H2,(H,4,5). The van der Waals surface area contributed by atoms with Gasteiger partial charge in [0.15, 0.2) is 11.5 Å². The zero-order valence-electron chi connectivity index (χ0n) is 10.7. The molecule has 10 heteroatoms. The van der Waals surface area contributed by atoms with Crippen LogP contribution in [-0.4, -0.2) is 32.4 Å². The number of phenols is 2. The predicted octanol–water partition coefficient (Wildman–Crippen LogP) is 4.23. The quantitative estimate of drug-likeness (QED) is 0.340. The number of benzene rings is 1. The predicted molar refractivity (Wildman–Crippen MR) is 85.5 cm³/mol. The number of aromatic hydroxyl groups is 2. The molecule has 4 N–H and O–H groups in total. The molecule has 1 rings (SSSR count). The van der Waals surface area contributed by atoms with Crippen molar-refractivity contribution in [3.05, 3.63) is 45.4 Å². The molecule has 0 radical (unpaired) electrons. The molecule has 0 atom stereocenters. The van der Waals surface area contributed by atoms with Crippen LogP contribution in [0.3, 0.4) is 0 Å². The Bertz CT molecular complexity index is 462. The van der Waals surface area contributed by atoms with Crippen molar-refractivity contribution in [2.75, 3.05) is 0 Å². The summed E-state index contributed by atoms with van der Waals surface area (Å²) < 4.78 is 0. The first kappa shape index (κ1) is 22.7. The van der Waals surface area contributed by atoms with Crippen molar-refractivity contribution in [1.29, 1.82) is 0 Å². The van der Waals surface area contributed by atoms with E-state index in [-0.39, 0.29) is 20.1 Å². The molecule has 0 heterocycles. The highest BCUT2D eigenvalue weighted by atomic mass is 35.5. The Morgan fingerprint density at radius 1 is 0.727 bits per heavy atom. The van der Waals surface area contributed by atoms with Crippen molar-refractivity contribution in [2.45, 2.75) is 0 Å². The van der Waals surface area contributed by atoms with E-state index < -0.39 is 23.4 Å². The van der Waals surface area contributed by atoms with E-state index in [9.17, 15) is 9.59 Å². The smallest absolute Gasteiger partial charge is 0.327 e. The summed E-state index contributed by atoms with van der Waals surface area (Å²) in [5.41, 5.74) is 0. The zero-order chi connectivity index (χ0) is 18.0. The van der Waals surface area contributed by atoms with Gasteiger partial charge in [-0.3, -0.25) is 0 Å². The summed E-state index contributed by atoms with van der Waals surface area (Å²) in [4.78, 5) is 18.5. The number of halogens is 4. The van der Waals surface area contributed by atoms with Crippen LogP contribution in [-0.2, 0) is 9.59 Å². The van der Waals surface area contributed by atoms with Crippen LogP contribution in [0.5, 0.6) is 11.5 Å². The molecule has 0 aliphatic heterocycles. The largest absolute Gasteiger partial charge is 0.505 e. The van der Waals surface area contributed by atoms with Gasteiger partial charge in [0.25, 0.3) is 0 Å². The number of rotatable bonds is 2. The van der Waals surface area contributed by atoms with Gasteiger partial charge >= 0.3 is 11.9 Å². The zero-order valence-corrected chi connectivity index (χ0v) is 13.7. The summed E-state index contributed by atoms with van der Waals surface area (Å²) >= 11 is 21.9. The van der Waals surface area contributed by atoms with Crippen LogP contribution >= 0.6 is 46.4 Å². The minimum Gasteiger partial charge on any atom is -0.505 e. The Hall–Kier alpha value is -1.60. The van der Waals surface area contributed by atoms with E-state index in [1.807, 2.05) is 0 Å². The van der Waals surface area contributed by atoms with Crippen molar-refractivity contribution in [1.82, 2.24) is 0 Å². The third kappa shape index (κ3) is 7.99. The third-order valence-electron chi connectivity index (χ3n) is 1.57. The van der Waals surface area contributed by atoms with E-state index in [2.05, 4.69) is 13.2 Å². The maximum atomic E-state index is 9.25. The van der Waals surface area contributed by atoms with Gasteiger partial charge in [-0.15, -0.1) is 0 Å². The Morgan fingerprint density at radius 3 is 0.955 bits per heavy atom. The molecule has 0 fully saturated rings. The van der Waals surface area contributed by atoms with Gasteiger partial charge < -0.3 is 20.4 Å². The second-order valence-corrected chi connectivity index (χ2v) is 4.55. The van der Waals surface area contributed by atoms with Gasteiger partial charge in [0.05, 0.1) is 0 Å². The maximum absolute atomic E-state index is 9.25. The van der Waals surface area contributed by atoms with E-state index in [0.29, 0.717) is 0 Å². The fraction of sp³-hybridized carbons (Fsp3) is 0. The second kappa shape index (κ2) is 11.0. The van der Waals surface area contributed by atoms with Gasteiger partial charge in [-0.2, -0.15) is 0 Å². The number of carbonyl (C=O) groups is 2. The van der Waals surface area contributed by atoms with E-state index >= 15 is 0 Å². The van der Waals surface area contributed by atoms with Crippen LogP contribution in [0.2, 0.25) is 20.1 Å². The average molecular weight is 392 g/mol. The monoisotopic (exact) mass is 390 g/mol. The minimum atomic E-state index is -0.981. The van der Waals surface area contributed by atoms with Gasteiger partial charge in [-0.05, 0) is 0 Å². The summed E-state index contributed by atoms with van der Waals surface area (Å²) in [5, 5.41) is 32.6. The van der Waals surface area contributed by atoms with Crippen molar-refractivity contribution in [2.24, 2.45) is 0 Å². The van der Waals surface area contributed by atoms with Crippen LogP contribution in [0.1, 0.15) is 0 Å². The van der Waals surface area contributed by atoms with Crippen LogP contribution in [0, 0.1) is 0 Å². The maximum Gasteiger partial charge on any atom is 0.327 e. The van der Waals surface area contributed by atoms with Crippen LogP contribution in [0.25, 0.3) is 0 Å². The number of aliphatic carboxylic acids is 2. The lowest BCUT2D eigenvalue weighted by atomic mass is 10.3. The molecule has 0 saturated carbocycles. The van der Waals surface area contributed by atoms with Gasteiger partial charge in [0.1, 0.15) is 20.1 Å². The minimum absolute atomic E-state index is 0.219. The second-order valence-electron chi connectivity index (χ2n) is 3.04. The SMILES string of the molecule is C=CC(=O)O.C=CC(=O)O.Oc1c(Cl)c(Cl)c(O)c(Cl)c1Cl. The van der Waals surface area contributed by atoms with E-state index in [1.54, 1.807) is 0 Å². The summed E-state index contributed by atoms with van der Waals surface area (Å²) in [6, 6.07) is 0. The van der Waals surface area contributed by atoms with Crippen molar-refractivity contribution in [3.8, 4) is 11.5 Å². The van der Waals surface area contributed by atoms with Crippen LogP contribution < -0.4 is 0 Å². The molecule has 0 aromatic heterocycles. The number of hydrogen-bond acceptors (Lipinski definition) is 4. The lowest BCUT2D eigenvalue weighted by Gasteiger charge is -2.06. The highest BCUT2D eigenvalue weighted by molar-refractivity contribution is 6.50. The van der Waals surface area contributed by atoms with Gasteiger partial charge in [0.2, 0.25) is 0 Å². The first-order valence-corrected chi connectivity index (χ1v) is 6.46. The topological polar surface area (TPSA) is 115 Å². The Kier molecular flexibility index (Phi) is 11.4. The number of carboxylic acid groups (broad SMARTS) is 2. The average Bonchev–Trinajstić information content (AvgIpc) is 2.50. The highest BCUT2D eigenvalue weighted by Crippen LogP contribution is 2.48. The summed E-state index contributed by atoms with van der Waals surface area (Å²) in [5.74, 6) is -2.84. The van der Waals surface area contributed by atoms with Gasteiger partial charge in [-0.25, -0.2) is 9.59 Å². The fourth-order valence-electron chi connectivity index (χ4n) is 0.609. The first-order chi connectivity index (χ1) is 10.0. The van der Waals surface area contributed by atoms with Crippen molar-refractivity contribution in [3.63, 3.8) is 0 Å². The molecule has 1 aromatic carbocycles. The normalized spacial score (nSPS) is 8.55. The molecule has 0 amide bonds. The van der Waals surface area contributed by atoms with Crippen molar-refractivity contribution < 1.29 is 30.0 Å². The molecule has 1 aromatic rings. The Balaban J connectivity index is 0. The molecule has 6 nitrogen and oxygen atoms in total. The summed E-state index contributed by atoms with van der Waals surface area (Å²) in [6.45, 7) is 5.92. The molecule has 0 aliphatic carbocycles. The molecule has 0 saturated heterocycles. The molecular formula is C12H10Cl4O6. The number of phenolic OH excluding ortho intramolecular Hbond substituents is 2. The van der Waals surface area contributed by atoms with Crippen LogP contribution in [0.15, 0.2) is 25.3 Å². The van der Waals surface area contributed by atoms with Crippen molar-refractivity contribution >= 4 is 58.3 Å². The molecule has 0 unspecified atom stereocenters. The number of hydrogen-bond donors (Lipinski definition) is 4.